The minimum atomic E-state index is 0.739. The first-order valence-corrected chi connectivity index (χ1v) is 5.80. The summed E-state index contributed by atoms with van der Waals surface area (Å²) in [4.78, 5) is 8.82. The number of hydrogen-bond acceptors (Lipinski definition) is 3. The molecule has 0 bridgehead atoms. The highest BCUT2D eigenvalue weighted by Crippen LogP contribution is 2.18. The van der Waals surface area contributed by atoms with E-state index in [2.05, 4.69) is 26.9 Å². The van der Waals surface area contributed by atoms with E-state index in [0.717, 1.165) is 36.5 Å². The predicted molar refractivity (Wildman–Crippen MR) is 63.2 cm³/mol. The molecule has 4 nitrogen and oxygen atoms in total. The van der Waals surface area contributed by atoms with Gasteiger partial charge in [0.15, 0.2) is 0 Å². The number of rotatable bonds is 2. The SMILES string of the molecule is Cn1c(CC2CCNC2)nc2ccncc21. The van der Waals surface area contributed by atoms with Crippen molar-refractivity contribution in [2.24, 2.45) is 13.0 Å². The van der Waals surface area contributed by atoms with E-state index in [4.69, 9.17) is 0 Å². The van der Waals surface area contributed by atoms with Crippen LogP contribution in [-0.2, 0) is 13.5 Å². The molecule has 0 amide bonds. The van der Waals surface area contributed by atoms with Gasteiger partial charge in [0.05, 0.1) is 17.2 Å². The number of aryl methyl sites for hydroxylation is 1. The molecule has 3 heterocycles. The quantitative estimate of drug-likeness (QED) is 0.818. The second-order valence-corrected chi connectivity index (χ2v) is 4.51. The lowest BCUT2D eigenvalue weighted by molar-refractivity contribution is 0.552. The van der Waals surface area contributed by atoms with Crippen LogP contribution < -0.4 is 5.32 Å². The molecule has 16 heavy (non-hydrogen) atoms. The molecule has 0 aliphatic carbocycles. The molecule has 2 aromatic rings. The predicted octanol–water partition coefficient (Wildman–Crippen LogP) is 1.12. The van der Waals surface area contributed by atoms with Crippen LogP contribution in [0.4, 0.5) is 0 Å². The van der Waals surface area contributed by atoms with Gasteiger partial charge in [-0.1, -0.05) is 0 Å². The van der Waals surface area contributed by atoms with Crippen molar-refractivity contribution in [2.75, 3.05) is 13.1 Å². The summed E-state index contributed by atoms with van der Waals surface area (Å²) < 4.78 is 2.17. The van der Waals surface area contributed by atoms with E-state index in [9.17, 15) is 0 Å². The summed E-state index contributed by atoms with van der Waals surface area (Å²) in [6.07, 6.45) is 6.02. The maximum Gasteiger partial charge on any atom is 0.109 e. The monoisotopic (exact) mass is 216 g/mol. The summed E-state index contributed by atoms with van der Waals surface area (Å²) in [5, 5.41) is 3.40. The Kier molecular flexibility index (Phi) is 2.36. The van der Waals surface area contributed by atoms with Gasteiger partial charge < -0.3 is 9.88 Å². The summed E-state index contributed by atoms with van der Waals surface area (Å²) in [6, 6.07) is 1.98. The van der Waals surface area contributed by atoms with Crippen LogP contribution in [0.15, 0.2) is 18.5 Å². The Labute approximate surface area is 94.7 Å². The zero-order chi connectivity index (χ0) is 11.0. The van der Waals surface area contributed by atoms with Crippen molar-refractivity contribution in [3.63, 3.8) is 0 Å². The van der Waals surface area contributed by atoms with Gasteiger partial charge in [-0.15, -0.1) is 0 Å². The molecule has 3 rings (SSSR count). The first kappa shape index (κ1) is 9.78. The van der Waals surface area contributed by atoms with Gasteiger partial charge in [0.1, 0.15) is 5.82 Å². The second kappa shape index (κ2) is 3.87. The largest absolute Gasteiger partial charge is 0.330 e. The van der Waals surface area contributed by atoms with E-state index >= 15 is 0 Å². The van der Waals surface area contributed by atoms with Gasteiger partial charge in [-0.25, -0.2) is 4.98 Å². The molecule has 84 valence electrons. The molecule has 1 unspecified atom stereocenters. The zero-order valence-corrected chi connectivity index (χ0v) is 9.48. The number of pyridine rings is 1. The number of hydrogen-bond donors (Lipinski definition) is 1. The van der Waals surface area contributed by atoms with Gasteiger partial charge in [-0.05, 0) is 31.5 Å². The van der Waals surface area contributed by atoms with E-state index < -0.39 is 0 Å². The lowest BCUT2D eigenvalue weighted by Crippen LogP contribution is -2.12. The third-order valence-corrected chi connectivity index (χ3v) is 3.41. The van der Waals surface area contributed by atoms with Gasteiger partial charge in [0, 0.05) is 19.7 Å². The average Bonchev–Trinajstić information content (AvgIpc) is 2.90. The minimum absolute atomic E-state index is 0.739. The fourth-order valence-corrected chi connectivity index (χ4v) is 2.41. The van der Waals surface area contributed by atoms with Crippen molar-refractivity contribution in [2.45, 2.75) is 12.8 Å². The molecule has 1 N–H and O–H groups in total. The van der Waals surface area contributed by atoms with Gasteiger partial charge in [-0.3, -0.25) is 4.98 Å². The van der Waals surface area contributed by atoms with Crippen molar-refractivity contribution < 1.29 is 0 Å². The third kappa shape index (κ3) is 1.59. The van der Waals surface area contributed by atoms with E-state index in [1.807, 2.05) is 12.3 Å². The van der Waals surface area contributed by atoms with Gasteiger partial charge in [0.25, 0.3) is 0 Å². The minimum Gasteiger partial charge on any atom is -0.330 e. The van der Waals surface area contributed by atoms with Crippen molar-refractivity contribution in [1.29, 1.82) is 0 Å². The van der Waals surface area contributed by atoms with E-state index in [-0.39, 0.29) is 0 Å². The topological polar surface area (TPSA) is 42.7 Å². The number of nitrogens with zero attached hydrogens (tertiary/aromatic N) is 3. The lowest BCUT2D eigenvalue weighted by Gasteiger charge is -2.07. The number of nitrogens with one attached hydrogen (secondary N) is 1. The van der Waals surface area contributed by atoms with Gasteiger partial charge in [-0.2, -0.15) is 0 Å². The van der Waals surface area contributed by atoms with E-state index in [0.29, 0.717) is 0 Å². The molecule has 1 aliphatic heterocycles. The van der Waals surface area contributed by atoms with Crippen LogP contribution >= 0.6 is 0 Å². The Morgan fingerprint density at radius 3 is 3.25 bits per heavy atom. The molecule has 1 atom stereocenters. The van der Waals surface area contributed by atoms with Crippen LogP contribution in [0.5, 0.6) is 0 Å². The van der Waals surface area contributed by atoms with Crippen LogP contribution in [0.25, 0.3) is 11.0 Å². The third-order valence-electron chi connectivity index (χ3n) is 3.41. The molecule has 1 aliphatic rings. The number of aromatic nitrogens is 3. The van der Waals surface area contributed by atoms with Crippen LogP contribution in [0.2, 0.25) is 0 Å². The Hall–Kier alpha value is -1.42. The molecule has 0 saturated carbocycles. The average molecular weight is 216 g/mol. The van der Waals surface area contributed by atoms with Crippen LogP contribution in [0, 0.1) is 5.92 Å². The fourth-order valence-electron chi connectivity index (χ4n) is 2.41. The first-order chi connectivity index (χ1) is 7.84. The molecule has 1 fully saturated rings. The standard InChI is InChI=1S/C12H16N4/c1-16-11-8-14-5-3-10(11)15-12(16)6-9-2-4-13-7-9/h3,5,8-9,13H,2,4,6-7H2,1H3. The highest BCUT2D eigenvalue weighted by molar-refractivity contribution is 5.74. The summed E-state index contributed by atoms with van der Waals surface area (Å²) in [5.41, 5.74) is 2.18. The molecule has 0 spiro atoms. The molecular weight excluding hydrogens is 200 g/mol. The highest BCUT2D eigenvalue weighted by Gasteiger charge is 2.18. The van der Waals surface area contributed by atoms with Crippen molar-refractivity contribution in [3.05, 3.63) is 24.3 Å². The molecule has 1 saturated heterocycles. The summed E-state index contributed by atoms with van der Waals surface area (Å²) in [5.74, 6) is 1.92. The van der Waals surface area contributed by atoms with Crippen molar-refractivity contribution in [3.8, 4) is 0 Å². The Morgan fingerprint density at radius 1 is 1.56 bits per heavy atom. The highest BCUT2D eigenvalue weighted by atomic mass is 15.1. The Morgan fingerprint density at radius 2 is 2.50 bits per heavy atom. The zero-order valence-electron chi connectivity index (χ0n) is 9.48. The molecular formula is C12H16N4. The Balaban J connectivity index is 1.94. The normalized spacial score (nSPS) is 20.7. The van der Waals surface area contributed by atoms with Crippen LogP contribution in [0.3, 0.4) is 0 Å². The first-order valence-electron chi connectivity index (χ1n) is 5.80. The Bertz CT molecular complexity index is 497. The smallest absolute Gasteiger partial charge is 0.109 e. The maximum atomic E-state index is 4.67. The van der Waals surface area contributed by atoms with Crippen molar-refractivity contribution in [1.82, 2.24) is 19.9 Å². The second-order valence-electron chi connectivity index (χ2n) is 4.51. The van der Waals surface area contributed by atoms with Crippen LogP contribution in [0.1, 0.15) is 12.2 Å². The van der Waals surface area contributed by atoms with Crippen molar-refractivity contribution >= 4 is 11.0 Å². The summed E-state index contributed by atoms with van der Waals surface area (Å²) >= 11 is 0. The molecule has 0 aromatic carbocycles. The van der Waals surface area contributed by atoms with Crippen LogP contribution in [-0.4, -0.2) is 27.6 Å². The lowest BCUT2D eigenvalue weighted by atomic mass is 10.1. The van der Waals surface area contributed by atoms with E-state index in [1.165, 1.54) is 12.2 Å². The van der Waals surface area contributed by atoms with Gasteiger partial charge >= 0.3 is 0 Å². The fraction of sp³-hybridized carbons (Fsp3) is 0.500. The summed E-state index contributed by atoms with van der Waals surface area (Å²) in [7, 11) is 2.08. The molecule has 4 heteroatoms. The van der Waals surface area contributed by atoms with E-state index in [1.54, 1.807) is 6.20 Å². The molecule has 0 radical (unpaired) electrons. The van der Waals surface area contributed by atoms with Gasteiger partial charge in [0.2, 0.25) is 0 Å². The number of imidazole rings is 1. The summed E-state index contributed by atoms with van der Waals surface area (Å²) in [6.45, 7) is 2.28. The maximum absolute atomic E-state index is 4.67. The number of fused-ring (bicyclic) bond motifs is 1. The molecule has 2 aromatic heterocycles.